The Bertz CT molecular complexity index is 545. The van der Waals surface area contributed by atoms with E-state index in [1.54, 1.807) is 31.4 Å². The zero-order chi connectivity index (χ0) is 16.1. The molecule has 0 bridgehead atoms. The average molecular weight is 304 g/mol. The molecule has 1 amide bonds. The van der Waals surface area contributed by atoms with Gasteiger partial charge in [-0.25, -0.2) is 0 Å². The third-order valence-electron chi connectivity index (χ3n) is 4.06. The summed E-state index contributed by atoms with van der Waals surface area (Å²) in [5, 5.41) is 3.37. The van der Waals surface area contributed by atoms with Crippen molar-refractivity contribution < 1.29 is 14.3 Å². The van der Waals surface area contributed by atoms with Gasteiger partial charge < -0.3 is 19.7 Å². The number of ether oxygens (including phenoxy) is 2. The molecular weight excluding hydrogens is 280 g/mol. The number of hydrogen-bond acceptors (Lipinski definition) is 4. The summed E-state index contributed by atoms with van der Waals surface area (Å²) < 4.78 is 10.8. The molecule has 0 aliphatic carbocycles. The van der Waals surface area contributed by atoms with Gasteiger partial charge in [0.1, 0.15) is 6.61 Å². The highest BCUT2D eigenvalue weighted by Gasteiger charge is 2.29. The quantitative estimate of drug-likeness (QED) is 0.846. The number of carbonyl (C=O) groups excluding carboxylic acids is 1. The Morgan fingerprint density at radius 1 is 1.45 bits per heavy atom. The van der Waals surface area contributed by atoms with E-state index in [1.807, 2.05) is 4.90 Å². The Labute approximate surface area is 131 Å². The van der Waals surface area contributed by atoms with Gasteiger partial charge in [0.15, 0.2) is 11.5 Å². The lowest BCUT2D eigenvalue weighted by Crippen LogP contribution is -2.57. The van der Waals surface area contributed by atoms with Crippen LogP contribution in [0.3, 0.4) is 0 Å². The van der Waals surface area contributed by atoms with Gasteiger partial charge >= 0.3 is 0 Å². The molecule has 0 radical (unpaired) electrons. The maximum Gasteiger partial charge on any atom is 0.254 e. The summed E-state index contributed by atoms with van der Waals surface area (Å²) in [4.78, 5) is 14.6. The molecule has 120 valence electrons. The van der Waals surface area contributed by atoms with E-state index >= 15 is 0 Å². The van der Waals surface area contributed by atoms with Crippen molar-refractivity contribution in [1.82, 2.24) is 10.2 Å². The summed E-state index contributed by atoms with van der Waals surface area (Å²) in [7, 11) is 1.57. The molecule has 1 aromatic carbocycles. The number of rotatable bonds is 5. The zero-order valence-electron chi connectivity index (χ0n) is 13.5. The van der Waals surface area contributed by atoms with Crippen LogP contribution >= 0.6 is 0 Å². The van der Waals surface area contributed by atoms with E-state index in [2.05, 4.69) is 25.7 Å². The molecular formula is C17H24N2O3. The number of piperazine rings is 1. The first-order valence-corrected chi connectivity index (χ1v) is 7.54. The first kappa shape index (κ1) is 16.4. The van der Waals surface area contributed by atoms with Crippen LogP contribution in [0.4, 0.5) is 0 Å². The number of hydrogen-bond donors (Lipinski definition) is 1. The number of methoxy groups -OCH3 is 1. The Morgan fingerprint density at radius 3 is 2.91 bits per heavy atom. The molecule has 2 rings (SSSR count). The van der Waals surface area contributed by atoms with Crippen LogP contribution in [-0.4, -0.2) is 49.7 Å². The molecule has 5 heteroatoms. The molecule has 2 atom stereocenters. The molecule has 1 aromatic rings. The molecule has 0 saturated carbocycles. The number of carbonyl (C=O) groups is 1. The van der Waals surface area contributed by atoms with Crippen molar-refractivity contribution in [2.45, 2.75) is 25.9 Å². The van der Waals surface area contributed by atoms with Crippen molar-refractivity contribution >= 4 is 5.91 Å². The fourth-order valence-corrected chi connectivity index (χ4v) is 2.58. The number of benzene rings is 1. The van der Waals surface area contributed by atoms with Gasteiger partial charge in [-0.1, -0.05) is 12.7 Å². The molecule has 2 unspecified atom stereocenters. The summed E-state index contributed by atoms with van der Waals surface area (Å²) in [5.74, 6) is 1.19. The van der Waals surface area contributed by atoms with Gasteiger partial charge in [0.05, 0.1) is 7.11 Å². The first-order chi connectivity index (χ1) is 10.6. The van der Waals surface area contributed by atoms with Gasteiger partial charge in [0.2, 0.25) is 0 Å². The fraction of sp³-hybridized carbons (Fsp3) is 0.471. The first-order valence-electron chi connectivity index (χ1n) is 7.54. The standard InChI is InChI=1S/C17H24N2O3/c1-5-10-22-15-7-6-14(11-16(15)21-4)17(20)19-9-8-18-12(2)13(19)3/h5-7,11-13,18H,1,8-10H2,2-4H3. The molecule has 1 saturated heterocycles. The Hall–Kier alpha value is -2.01. The summed E-state index contributed by atoms with van der Waals surface area (Å²) >= 11 is 0. The van der Waals surface area contributed by atoms with Crippen molar-refractivity contribution in [3.05, 3.63) is 36.4 Å². The molecule has 0 aromatic heterocycles. The number of nitrogens with zero attached hydrogens (tertiary/aromatic N) is 1. The highest BCUT2D eigenvalue weighted by molar-refractivity contribution is 5.95. The van der Waals surface area contributed by atoms with Crippen LogP contribution in [-0.2, 0) is 0 Å². The van der Waals surface area contributed by atoms with Crippen LogP contribution in [0.2, 0.25) is 0 Å². The maximum absolute atomic E-state index is 12.7. The van der Waals surface area contributed by atoms with E-state index in [0.29, 0.717) is 30.2 Å². The lowest BCUT2D eigenvalue weighted by atomic mass is 10.1. The topological polar surface area (TPSA) is 50.8 Å². The van der Waals surface area contributed by atoms with E-state index in [4.69, 9.17) is 9.47 Å². The largest absolute Gasteiger partial charge is 0.493 e. The van der Waals surface area contributed by atoms with Crippen LogP contribution in [0.15, 0.2) is 30.9 Å². The van der Waals surface area contributed by atoms with E-state index in [-0.39, 0.29) is 18.0 Å². The van der Waals surface area contributed by atoms with Crippen molar-refractivity contribution in [1.29, 1.82) is 0 Å². The minimum atomic E-state index is 0.0226. The normalized spacial score (nSPS) is 21.3. The van der Waals surface area contributed by atoms with Gasteiger partial charge in [-0.2, -0.15) is 0 Å². The second-order valence-electron chi connectivity index (χ2n) is 5.45. The highest BCUT2D eigenvalue weighted by atomic mass is 16.5. The van der Waals surface area contributed by atoms with E-state index in [0.717, 1.165) is 6.54 Å². The Kier molecular flexibility index (Phi) is 5.44. The van der Waals surface area contributed by atoms with E-state index in [1.165, 1.54) is 0 Å². The second kappa shape index (κ2) is 7.31. The van der Waals surface area contributed by atoms with Gasteiger partial charge in [0, 0.05) is 30.7 Å². The summed E-state index contributed by atoms with van der Waals surface area (Å²) in [6.07, 6.45) is 1.67. The third kappa shape index (κ3) is 3.42. The van der Waals surface area contributed by atoms with Crippen LogP contribution in [0.5, 0.6) is 11.5 Å². The van der Waals surface area contributed by atoms with Crippen LogP contribution in [0.25, 0.3) is 0 Å². The SMILES string of the molecule is C=CCOc1ccc(C(=O)N2CCNC(C)C2C)cc1OC. The minimum absolute atomic E-state index is 0.0226. The molecule has 22 heavy (non-hydrogen) atoms. The molecule has 0 spiro atoms. The fourth-order valence-electron chi connectivity index (χ4n) is 2.58. The molecule has 1 heterocycles. The van der Waals surface area contributed by atoms with E-state index in [9.17, 15) is 4.79 Å². The Morgan fingerprint density at radius 2 is 2.23 bits per heavy atom. The lowest BCUT2D eigenvalue weighted by molar-refractivity contribution is 0.0602. The van der Waals surface area contributed by atoms with Crippen molar-refractivity contribution in [3.8, 4) is 11.5 Å². The van der Waals surface area contributed by atoms with Gasteiger partial charge in [-0.15, -0.1) is 0 Å². The smallest absolute Gasteiger partial charge is 0.254 e. The monoisotopic (exact) mass is 304 g/mol. The molecule has 1 aliphatic heterocycles. The van der Waals surface area contributed by atoms with Crippen LogP contribution in [0, 0.1) is 0 Å². The highest BCUT2D eigenvalue weighted by Crippen LogP contribution is 2.29. The van der Waals surface area contributed by atoms with Crippen LogP contribution in [0.1, 0.15) is 24.2 Å². The van der Waals surface area contributed by atoms with Crippen molar-refractivity contribution in [2.75, 3.05) is 26.8 Å². The predicted octanol–water partition coefficient (Wildman–Crippen LogP) is 2.08. The Balaban J connectivity index is 2.20. The molecule has 1 fully saturated rings. The summed E-state index contributed by atoms with van der Waals surface area (Å²) in [5.41, 5.74) is 0.615. The molecule has 1 N–H and O–H groups in total. The lowest BCUT2D eigenvalue weighted by Gasteiger charge is -2.38. The van der Waals surface area contributed by atoms with Gasteiger partial charge in [-0.3, -0.25) is 4.79 Å². The summed E-state index contributed by atoms with van der Waals surface area (Å²) in [6.45, 7) is 9.70. The van der Waals surface area contributed by atoms with Crippen molar-refractivity contribution in [2.24, 2.45) is 0 Å². The predicted molar refractivity (Wildman–Crippen MR) is 86.6 cm³/mol. The number of amides is 1. The zero-order valence-corrected chi connectivity index (χ0v) is 13.5. The summed E-state index contributed by atoms with van der Waals surface area (Å²) in [6, 6.07) is 5.73. The second-order valence-corrected chi connectivity index (χ2v) is 5.45. The number of nitrogens with one attached hydrogen (secondary N) is 1. The van der Waals surface area contributed by atoms with E-state index < -0.39 is 0 Å². The van der Waals surface area contributed by atoms with Crippen LogP contribution < -0.4 is 14.8 Å². The molecule has 5 nitrogen and oxygen atoms in total. The van der Waals surface area contributed by atoms with Gasteiger partial charge in [-0.05, 0) is 32.0 Å². The average Bonchev–Trinajstić information content (AvgIpc) is 2.54. The third-order valence-corrected chi connectivity index (χ3v) is 4.06. The molecule has 1 aliphatic rings. The maximum atomic E-state index is 12.7. The minimum Gasteiger partial charge on any atom is -0.493 e. The van der Waals surface area contributed by atoms with Gasteiger partial charge in [0.25, 0.3) is 5.91 Å². The van der Waals surface area contributed by atoms with Crippen molar-refractivity contribution in [3.63, 3.8) is 0 Å².